The third-order valence-corrected chi connectivity index (χ3v) is 3.29. The zero-order valence-corrected chi connectivity index (χ0v) is 12.0. The van der Waals surface area contributed by atoms with Crippen LogP contribution in [0.5, 0.6) is 0 Å². The van der Waals surface area contributed by atoms with E-state index >= 15 is 0 Å². The first-order chi connectivity index (χ1) is 9.51. The van der Waals surface area contributed by atoms with E-state index in [-0.39, 0.29) is 10.7 Å². The van der Waals surface area contributed by atoms with E-state index in [2.05, 4.69) is 10.4 Å². The Labute approximate surface area is 121 Å². The molecule has 0 aliphatic rings. The van der Waals surface area contributed by atoms with Crippen LogP contribution in [0.4, 0.5) is 11.4 Å². The zero-order chi connectivity index (χ0) is 14.7. The second-order valence-corrected chi connectivity index (χ2v) is 4.84. The Morgan fingerprint density at radius 1 is 1.50 bits per heavy atom. The fraction of sp³-hybridized carbons (Fsp3) is 0.308. The SMILES string of the molecule is CCn1cc(CNc2cc(Cl)c([N+](=O)[O-])cc2C)cn1. The first kappa shape index (κ1) is 14.3. The number of nitrogens with one attached hydrogen (secondary N) is 1. The maximum absolute atomic E-state index is 10.8. The van der Waals surface area contributed by atoms with Gasteiger partial charge in [-0.25, -0.2) is 0 Å². The van der Waals surface area contributed by atoms with Crippen molar-refractivity contribution in [3.63, 3.8) is 0 Å². The minimum absolute atomic E-state index is 0.0754. The molecule has 0 amide bonds. The first-order valence-electron chi connectivity index (χ1n) is 6.21. The molecule has 0 bridgehead atoms. The van der Waals surface area contributed by atoms with Gasteiger partial charge in [0.2, 0.25) is 0 Å². The van der Waals surface area contributed by atoms with Gasteiger partial charge in [0.1, 0.15) is 5.02 Å². The third kappa shape index (κ3) is 3.08. The Bertz CT molecular complexity index is 639. The minimum Gasteiger partial charge on any atom is -0.381 e. The Morgan fingerprint density at radius 3 is 2.85 bits per heavy atom. The van der Waals surface area contributed by atoms with E-state index in [0.717, 1.165) is 23.4 Å². The monoisotopic (exact) mass is 294 g/mol. The molecular formula is C13H15ClN4O2. The van der Waals surface area contributed by atoms with E-state index in [1.165, 1.54) is 6.07 Å². The number of hydrogen-bond acceptors (Lipinski definition) is 4. The van der Waals surface area contributed by atoms with E-state index in [9.17, 15) is 10.1 Å². The number of nitro benzene ring substituents is 1. The number of benzene rings is 1. The molecule has 2 rings (SSSR count). The predicted octanol–water partition coefficient (Wildman–Crippen LogP) is 3.39. The summed E-state index contributed by atoms with van der Waals surface area (Å²) in [6.07, 6.45) is 3.74. The molecular weight excluding hydrogens is 280 g/mol. The molecule has 20 heavy (non-hydrogen) atoms. The average Bonchev–Trinajstić information content (AvgIpc) is 2.87. The van der Waals surface area contributed by atoms with E-state index in [1.807, 2.05) is 17.8 Å². The highest BCUT2D eigenvalue weighted by atomic mass is 35.5. The summed E-state index contributed by atoms with van der Waals surface area (Å²) in [7, 11) is 0. The normalized spacial score (nSPS) is 10.6. The van der Waals surface area contributed by atoms with Crippen molar-refractivity contribution < 1.29 is 4.92 Å². The molecule has 1 heterocycles. The lowest BCUT2D eigenvalue weighted by atomic mass is 10.1. The molecule has 1 aromatic heterocycles. The van der Waals surface area contributed by atoms with Gasteiger partial charge in [0.25, 0.3) is 5.69 Å². The summed E-state index contributed by atoms with van der Waals surface area (Å²) in [5.41, 5.74) is 2.53. The molecule has 0 fully saturated rings. The minimum atomic E-state index is -0.482. The van der Waals surface area contributed by atoms with Crippen molar-refractivity contribution in [3.05, 3.63) is 50.8 Å². The highest BCUT2D eigenvalue weighted by Crippen LogP contribution is 2.30. The molecule has 0 spiro atoms. The molecule has 1 aromatic carbocycles. The third-order valence-electron chi connectivity index (χ3n) is 2.98. The number of aryl methyl sites for hydroxylation is 2. The van der Waals surface area contributed by atoms with Crippen LogP contribution in [0.15, 0.2) is 24.5 Å². The quantitative estimate of drug-likeness (QED) is 0.677. The number of halogens is 1. The van der Waals surface area contributed by atoms with Gasteiger partial charge in [-0.15, -0.1) is 0 Å². The largest absolute Gasteiger partial charge is 0.381 e. The van der Waals surface area contributed by atoms with Crippen molar-refractivity contribution >= 4 is 23.0 Å². The van der Waals surface area contributed by atoms with Gasteiger partial charge in [0, 0.05) is 36.6 Å². The van der Waals surface area contributed by atoms with Crippen LogP contribution >= 0.6 is 11.6 Å². The topological polar surface area (TPSA) is 73.0 Å². The van der Waals surface area contributed by atoms with Crippen molar-refractivity contribution in [1.29, 1.82) is 0 Å². The van der Waals surface area contributed by atoms with Gasteiger partial charge < -0.3 is 5.32 Å². The summed E-state index contributed by atoms with van der Waals surface area (Å²) in [4.78, 5) is 10.3. The number of anilines is 1. The fourth-order valence-electron chi connectivity index (χ4n) is 1.86. The number of hydrogen-bond donors (Lipinski definition) is 1. The average molecular weight is 295 g/mol. The van der Waals surface area contributed by atoms with Crippen molar-refractivity contribution in [2.24, 2.45) is 0 Å². The van der Waals surface area contributed by atoms with Gasteiger partial charge in [0.15, 0.2) is 0 Å². The summed E-state index contributed by atoms with van der Waals surface area (Å²) in [6.45, 7) is 5.24. The zero-order valence-electron chi connectivity index (χ0n) is 11.3. The van der Waals surface area contributed by atoms with Gasteiger partial charge in [-0.3, -0.25) is 14.8 Å². The summed E-state index contributed by atoms with van der Waals surface area (Å²) < 4.78 is 1.84. The van der Waals surface area contributed by atoms with Crippen LogP contribution in [0.3, 0.4) is 0 Å². The lowest BCUT2D eigenvalue weighted by Gasteiger charge is -2.09. The lowest BCUT2D eigenvalue weighted by Crippen LogP contribution is -2.01. The number of aromatic nitrogens is 2. The Kier molecular flexibility index (Phi) is 4.24. The van der Waals surface area contributed by atoms with Gasteiger partial charge in [-0.05, 0) is 25.5 Å². The number of nitrogens with zero attached hydrogens (tertiary/aromatic N) is 3. The standard InChI is InChI=1S/C13H15ClN4O2/c1-3-17-8-10(7-16-17)6-15-12-5-11(14)13(18(19)20)4-9(12)2/h4-5,7-8,15H,3,6H2,1-2H3. The van der Waals surface area contributed by atoms with Gasteiger partial charge in [-0.2, -0.15) is 5.10 Å². The Morgan fingerprint density at radius 2 is 2.25 bits per heavy atom. The molecule has 0 saturated heterocycles. The van der Waals surface area contributed by atoms with Crippen LogP contribution in [0.2, 0.25) is 5.02 Å². The Balaban J connectivity index is 2.13. The smallest absolute Gasteiger partial charge is 0.288 e. The van der Waals surface area contributed by atoms with Gasteiger partial charge in [0.05, 0.1) is 11.1 Å². The fourth-order valence-corrected chi connectivity index (χ4v) is 2.10. The van der Waals surface area contributed by atoms with E-state index in [1.54, 1.807) is 19.2 Å². The first-order valence-corrected chi connectivity index (χ1v) is 6.58. The molecule has 0 radical (unpaired) electrons. The maximum atomic E-state index is 10.8. The molecule has 0 atom stereocenters. The maximum Gasteiger partial charge on any atom is 0.288 e. The molecule has 2 aromatic rings. The number of nitro groups is 1. The summed E-state index contributed by atoms with van der Waals surface area (Å²) >= 11 is 5.91. The van der Waals surface area contributed by atoms with Crippen molar-refractivity contribution in [2.45, 2.75) is 26.9 Å². The summed E-state index contributed by atoms with van der Waals surface area (Å²) in [5.74, 6) is 0. The molecule has 6 nitrogen and oxygen atoms in total. The van der Waals surface area contributed by atoms with Crippen molar-refractivity contribution in [3.8, 4) is 0 Å². The summed E-state index contributed by atoms with van der Waals surface area (Å²) in [5, 5.41) is 18.3. The van der Waals surface area contributed by atoms with Crippen LogP contribution in [-0.4, -0.2) is 14.7 Å². The van der Waals surface area contributed by atoms with Crippen molar-refractivity contribution in [2.75, 3.05) is 5.32 Å². The van der Waals surface area contributed by atoms with E-state index in [0.29, 0.717) is 6.54 Å². The second kappa shape index (κ2) is 5.92. The molecule has 7 heteroatoms. The van der Waals surface area contributed by atoms with Crippen LogP contribution in [0.1, 0.15) is 18.1 Å². The van der Waals surface area contributed by atoms with E-state index in [4.69, 9.17) is 11.6 Å². The molecule has 0 aliphatic carbocycles. The van der Waals surface area contributed by atoms with Crippen LogP contribution in [-0.2, 0) is 13.1 Å². The second-order valence-electron chi connectivity index (χ2n) is 4.43. The van der Waals surface area contributed by atoms with Gasteiger partial charge >= 0.3 is 0 Å². The number of rotatable bonds is 5. The molecule has 0 unspecified atom stereocenters. The lowest BCUT2D eigenvalue weighted by molar-refractivity contribution is -0.384. The van der Waals surface area contributed by atoms with Gasteiger partial charge in [-0.1, -0.05) is 11.6 Å². The molecule has 0 saturated carbocycles. The molecule has 1 N–H and O–H groups in total. The van der Waals surface area contributed by atoms with Crippen molar-refractivity contribution in [1.82, 2.24) is 9.78 Å². The predicted molar refractivity (Wildman–Crippen MR) is 78.1 cm³/mol. The molecule has 0 aliphatic heterocycles. The summed E-state index contributed by atoms with van der Waals surface area (Å²) in [6, 6.07) is 3.05. The van der Waals surface area contributed by atoms with Crippen LogP contribution in [0, 0.1) is 17.0 Å². The van der Waals surface area contributed by atoms with E-state index < -0.39 is 4.92 Å². The van der Waals surface area contributed by atoms with Crippen LogP contribution in [0.25, 0.3) is 0 Å². The highest BCUT2D eigenvalue weighted by Gasteiger charge is 2.14. The Hall–Kier alpha value is -2.08. The van der Waals surface area contributed by atoms with Crippen LogP contribution < -0.4 is 5.32 Å². The molecule has 106 valence electrons. The highest BCUT2D eigenvalue weighted by molar-refractivity contribution is 6.33.